The normalized spacial score (nSPS) is 23.4. The molecule has 4 rings (SSSR count). The number of rotatable bonds is 1. The molecule has 2 saturated heterocycles. The van der Waals surface area contributed by atoms with Crippen molar-refractivity contribution in [2.24, 2.45) is 0 Å². The van der Waals surface area contributed by atoms with Gasteiger partial charge in [0.1, 0.15) is 11.2 Å². The summed E-state index contributed by atoms with van der Waals surface area (Å²) in [6, 6.07) is 2.19. The number of piperazine rings is 1. The lowest BCUT2D eigenvalue weighted by Gasteiger charge is -2.39. The molecule has 0 N–H and O–H groups in total. The van der Waals surface area contributed by atoms with Crippen molar-refractivity contribution >= 4 is 35.3 Å². The summed E-state index contributed by atoms with van der Waals surface area (Å²) >= 11 is 6.18. The van der Waals surface area contributed by atoms with Gasteiger partial charge in [-0.1, -0.05) is 11.6 Å². The summed E-state index contributed by atoms with van der Waals surface area (Å²) in [6.07, 6.45) is 0.205. The van der Waals surface area contributed by atoms with E-state index in [1.54, 1.807) is 15.9 Å². The highest BCUT2D eigenvalue weighted by Gasteiger charge is 2.44. The third-order valence-corrected chi connectivity index (χ3v) is 6.36. The molecule has 0 spiro atoms. The van der Waals surface area contributed by atoms with Gasteiger partial charge in [-0.25, -0.2) is 9.59 Å². The Morgan fingerprint density at radius 1 is 0.912 bits per heavy atom. The number of hydrogen-bond donors (Lipinski definition) is 0. The van der Waals surface area contributed by atoms with E-state index >= 15 is 0 Å². The van der Waals surface area contributed by atoms with Crippen LogP contribution in [0.3, 0.4) is 0 Å². The van der Waals surface area contributed by atoms with Crippen molar-refractivity contribution < 1.29 is 19.1 Å². The number of halogens is 1. The second-order valence-electron chi connectivity index (χ2n) is 11.2. The molecular weight excluding hydrogens is 460 g/mol. The number of fused-ring (bicyclic) bond motifs is 3. The van der Waals surface area contributed by atoms with Crippen molar-refractivity contribution in [3.63, 3.8) is 0 Å². The summed E-state index contributed by atoms with van der Waals surface area (Å²) < 4.78 is 11.2. The zero-order chi connectivity index (χ0) is 24.8. The fourth-order valence-electron chi connectivity index (χ4n) is 4.75. The predicted molar refractivity (Wildman–Crippen MR) is 130 cm³/mol. The van der Waals surface area contributed by atoms with Crippen LogP contribution in [0.5, 0.6) is 0 Å². The van der Waals surface area contributed by atoms with Crippen LogP contribution >= 0.6 is 11.6 Å². The number of carbonyl (C=O) groups is 2. The second-order valence-corrected chi connectivity index (χ2v) is 11.6. The molecular formula is C23H35ClN6O4. The van der Waals surface area contributed by atoms with E-state index < -0.39 is 17.3 Å². The van der Waals surface area contributed by atoms with Crippen molar-refractivity contribution in [2.45, 2.75) is 71.2 Å². The van der Waals surface area contributed by atoms with E-state index in [1.165, 1.54) is 0 Å². The highest BCUT2D eigenvalue weighted by Crippen LogP contribution is 2.40. The number of ether oxygens (including phenoxy) is 2. The maximum absolute atomic E-state index is 13.0. The quantitative estimate of drug-likeness (QED) is 0.586. The molecule has 3 aliphatic heterocycles. The maximum atomic E-state index is 13.0. The van der Waals surface area contributed by atoms with Crippen molar-refractivity contribution in [3.05, 3.63) is 11.2 Å². The fourth-order valence-corrected chi connectivity index (χ4v) is 4.89. The first-order chi connectivity index (χ1) is 15.8. The van der Waals surface area contributed by atoms with Gasteiger partial charge in [0.25, 0.3) is 0 Å². The van der Waals surface area contributed by atoms with Crippen LogP contribution in [0.4, 0.5) is 21.1 Å². The fraction of sp³-hybridized carbons (Fsp3) is 0.739. The first-order valence-electron chi connectivity index (χ1n) is 11.8. The molecule has 0 saturated carbocycles. The summed E-state index contributed by atoms with van der Waals surface area (Å²) in [5.41, 5.74) is -0.308. The van der Waals surface area contributed by atoms with Gasteiger partial charge in [0.2, 0.25) is 0 Å². The molecule has 1 unspecified atom stereocenters. The monoisotopic (exact) mass is 494 g/mol. The molecule has 188 valence electrons. The van der Waals surface area contributed by atoms with E-state index in [9.17, 15) is 9.59 Å². The molecule has 3 aliphatic rings. The largest absolute Gasteiger partial charge is 0.444 e. The number of amides is 2. The zero-order valence-electron chi connectivity index (χ0n) is 20.9. The lowest BCUT2D eigenvalue weighted by molar-refractivity contribution is 0.0111. The van der Waals surface area contributed by atoms with Crippen LogP contribution in [-0.4, -0.2) is 94.7 Å². The highest BCUT2D eigenvalue weighted by molar-refractivity contribution is 6.29. The van der Waals surface area contributed by atoms with Crippen LogP contribution in [0.2, 0.25) is 5.15 Å². The van der Waals surface area contributed by atoms with Crippen molar-refractivity contribution in [3.8, 4) is 0 Å². The summed E-state index contributed by atoms with van der Waals surface area (Å²) in [5.74, 6) is 0.477. The SMILES string of the molecule is CC(C)(C)OC(=O)N1CCN(C2C[C@@H]3CN(C(=O)OC(C)(C)C)c4nnc(Cl)cc4N3C2)CC1. The molecule has 2 fully saturated rings. The lowest BCUT2D eigenvalue weighted by Crippen LogP contribution is -2.53. The predicted octanol–water partition coefficient (Wildman–Crippen LogP) is 3.39. The van der Waals surface area contributed by atoms with Gasteiger partial charge in [-0.2, -0.15) is 0 Å². The summed E-state index contributed by atoms with van der Waals surface area (Å²) in [4.78, 5) is 33.4. The smallest absolute Gasteiger partial charge is 0.416 e. The van der Waals surface area contributed by atoms with Gasteiger partial charge in [0.05, 0.1) is 12.2 Å². The van der Waals surface area contributed by atoms with Crippen LogP contribution in [0.15, 0.2) is 6.07 Å². The van der Waals surface area contributed by atoms with Gasteiger partial charge in [-0.3, -0.25) is 9.80 Å². The van der Waals surface area contributed by atoms with Crippen molar-refractivity contribution in [1.29, 1.82) is 0 Å². The number of carbonyl (C=O) groups excluding carboxylic acids is 2. The molecule has 1 aromatic heterocycles. The first kappa shape index (κ1) is 24.8. The van der Waals surface area contributed by atoms with E-state index in [0.717, 1.165) is 31.7 Å². The summed E-state index contributed by atoms with van der Waals surface area (Å²) in [6.45, 7) is 15.3. The van der Waals surface area contributed by atoms with E-state index in [2.05, 4.69) is 20.0 Å². The number of hydrogen-bond acceptors (Lipinski definition) is 8. The molecule has 34 heavy (non-hydrogen) atoms. The standard InChI is InChI=1S/C23H35ClN6O4/c1-22(2,3)33-20(31)28-9-7-27(8-10-28)15-11-16-14-30(21(32)34-23(4,5)6)19-17(29(16)13-15)12-18(24)25-26-19/h12,15-16H,7-11,13-14H2,1-6H3/t15?,16-/m1/s1. The Bertz CT molecular complexity index is 938. The van der Waals surface area contributed by atoms with E-state index in [4.69, 9.17) is 21.1 Å². The van der Waals surface area contributed by atoms with Crippen LogP contribution in [0, 0.1) is 0 Å². The minimum Gasteiger partial charge on any atom is -0.444 e. The number of aromatic nitrogens is 2. The van der Waals surface area contributed by atoms with Crippen LogP contribution in [0.1, 0.15) is 48.0 Å². The van der Waals surface area contributed by atoms with E-state index in [-0.39, 0.29) is 17.3 Å². The molecule has 1 aromatic rings. The zero-order valence-corrected chi connectivity index (χ0v) is 21.6. The van der Waals surface area contributed by atoms with Crippen molar-refractivity contribution in [1.82, 2.24) is 20.0 Å². The number of anilines is 2. The van der Waals surface area contributed by atoms with Crippen molar-refractivity contribution in [2.75, 3.05) is 49.1 Å². The molecule has 11 heteroatoms. The van der Waals surface area contributed by atoms with E-state index in [0.29, 0.717) is 31.5 Å². The first-order valence-corrected chi connectivity index (χ1v) is 12.2. The molecule has 0 radical (unpaired) electrons. The van der Waals surface area contributed by atoms with Gasteiger partial charge in [0, 0.05) is 50.9 Å². The summed E-state index contributed by atoms with van der Waals surface area (Å²) in [7, 11) is 0. The minimum absolute atomic E-state index is 0.120. The highest BCUT2D eigenvalue weighted by atomic mass is 35.5. The Morgan fingerprint density at radius 3 is 2.15 bits per heavy atom. The molecule has 2 amide bonds. The topological polar surface area (TPSA) is 91.3 Å². The Hall–Kier alpha value is -2.33. The third-order valence-electron chi connectivity index (χ3n) is 6.17. The van der Waals surface area contributed by atoms with Gasteiger partial charge in [0.15, 0.2) is 11.0 Å². The Labute approximate surface area is 206 Å². The van der Waals surface area contributed by atoms with Crippen LogP contribution in [-0.2, 0) is 9.47 Å². The Balaban J connectivity index is 1.45. The van der Waals surface area contributed by atoms with E-state index in [1.807, 2.05) is 41.5 Å². The Morgan fingerprint density at radius 2 is 1.53 bits per heavy atom. The molecule has 0 aromatic carbocycles. The molecule has 0 bridgehead atoms. The average Bonchev–Trinajstić information content (AvgIpc) is 3.15. The van der Waals surface area contributed by atoms with Gasteiger partial charge >= 0.3 is 12.2 Å². The maximum Gasteiger partial charge on any atom is 0.416 e. The van der Waals surface area contributed by atoms with Gasteiger partial charge < -0.3 is 19.3 Å². The number of nitrogens with zero attached hydrogens (tertiary/aromatic N) is 6. The third kappa shape index (κ3) is 5.49. The average molecular weight is 495 g/mol. The molecule has 2 atom stereocenters. The molecule has 10 nitrogen and oxygen atoms in total. The van der Waals surface area contributed by atoms with Gasteiger partial charge in [-0.15, -0.1) is 10.2 Å². The second kappa shape index (κ2) is 9.03. The van der Waals surface area contributed by atoms with Gasteiger partial charge in [-0.05, 0) is 48.0 Å². The summed E-state index contributed by atoms with van der Waals surface area (Å²) in [5, 5.41) is 8.50. The Kier molecular flexibility index (Phi) is 6.58. The minimum atomic E-state index is -0.611. The molecule has 4 heterocycles. The lowest BCUT2D eigenvalue weighted by atomic mass is 10.1. The van der Waals surface area contributed by atoms with Crippen LogP contribution < -0.4 is 9.80 Å². The van der Waals surface area contributed by atoms with Crippen LogP contribution in [0.25, 0.3) is 0 Å². The molecule has 0 aliphatic carbocycles.